The molecule has 0 aliphatic carbocycles. The molecular formula is C37H58N4O5S. The molecule has 1 N–H and O–H groups in total. The molecule has 9 nitrogen and oxygen atoms in total. The van der Waals surface area contributed by atoms with Crippen molar-refractivity contribution in [3.05, 3.63) is 59.5 Å². The van der Waals surface area contributed by atoms with E-state index in [1.54, 1.807) is 24.1 Å². The van der Waals surface area contributed by atoms with E-state index in [9.17, 15) is 14.4 Å². The van der Waals surface area contributed by atoms with Crippen LogP contribution in [-0.2, 0) is 23.9 Å². The van der Waals surface area contributed by atoms with Crippen molar-refractivity contribution in [2.24, 2.45) is 5.92 Å². The highest BCUT2D eigenvalue weighted by Gasteiger charge is 2.52. The lowest BCUT2D eigenvalue weighted by molar-refractivity contribution is -0.159. The molecular weight excluding hydrogens is 612 g/mol. The Morgan fingerprint density at radius 2 is 2.00 bits per heavy atom. The number of allylic oxidation sites excluding steroid dienone is 4. The molecule has 0 saturated carbocycles. The summed E-state index contributed by atoms with van der Waals surface area (Å²) in [5.41, 5.74) is -0.372. The van der Waals surface area contributed by atoms with E-state index < -0.39 is 11.6 Å². The Bertz CT molecular complexity index is 1270. The van der Waals surface area contributed by atoms with Crippen LogP contribution in [0.15, 0.2) is 59.5 Å². The van der Waals surface area contributed by atoms with Gasteiger partial charge in [0.15, 0.2) is 0 Å². The smallest absolute Gasteiger partial charge is 0.253 e. The quantitative estimate of drug-likeness (QED) is 0.0698. The topological polar surface area (TPSA) is 91.4 Å². The first-order chi connectivity index (χ1) is 22.5. The predicted molar refractivity (Wildman–Crippen MR) is 194 cm³/mol. The molecule has 3 amide bonds. The number of carbonyl (C=O) groups excluding carboxylic acids is 3. The normalized spacial score (nSPS) is 23.9. The third kappa shape index (κ3) is 11.0. The fourth-order valence-electron chi connectivity index (χ4n) is 6.15. The van der Waals surface area contributed by atoms with Crippen molar-refractivity contribution in [3.8, 4) is 0 Å². The molecule has 3 rings (SSSR count). The number of unbranched alkanes of at least 4 members (excludes halogenated alkanes) is 1. The van der Waals surface area contributed by atoms with Gasteiger partial charge in [0.1, 0.15) is 23.1 Å². The lowest BCUT2D eigenvalue weighted by Gasteiger charge is -2.48. The number of rotatable bonds is 17. The van der Waals surface area contributed by atoms with Crippen molar-refractivity contribution in [2.45, 2.75) is 91.1 Å². The summed E-state index contributed by atoms with van der Waals surface area (Å²) in [6.45, 7) is 18.2. The molecule has 2 unspecified atom stereocenters. The minimum atomic E-state index is -0.755. The number of carbonyl (C=O) groups is 3. The second-order valence-corrected chi connectivity index (χ2v) is 14.7. The molecule has 2 fully saturated rings. The van der Waals surface area contributed by atoms with Crippen LogP contribution in [0, 0.1) is 5.92 Å². The third-order valence-corrected chi connectivity index (χ3v) is 10.4. The van der Waals surface area contributed by atoms with Gasteiger partial charge in [0.25, 0.3) is 5.91 Å². The van der Waals surface area contributed by atoms with E-state index in [-0.39, 0.29) is 28.2 Å². The van der Waals surface area contributed by atoms with Crippen molar-refractivity contribution in [3.63, 3.8) is 0 Å². The largest absolute Gasteiger partial charge is 0.458 e. The van der Waals surface area contributed by atoms with Crippen LogP contribution in [0.5, 0.6) is 0 Å². The molecule has 262 valence electrons. The number of likely N-dealkylation sites (tertiary alicyclic amines) is 1. The van der Waals surface area contributed by atoms with Gasteiger partial charge in [-0.2, -0.15) is 0 Å². The third-order valence-electron chi connectivity index (χ3n) is 8.79. The molecule has 47 heavy (non-hydrogen) atoms. The van der Waals surface area contributed by atoms with Gasteiger partial charge < -0.3 is 24.6 Å². The highest BCUT2D eigenvalue weighted by atomic mass is 32.2. The van der Waals surface area contributed by atoms with Gasteiger partial charge in [-0.15, -0.1) is 10.5 Å². The Labute approximate surface area is 285 Å². The average molecular weight is 671 g/mol. The maximum Gasteiger partial charge on any atom is 0.253 e. The summed E-state index contributed by atoms with van der Waals surface area (Å²) in [5.74, 6) is 2.57. The summed E-state index contributed by atoms with van der Waals surface area (Å²) in [6.07, 6.45) is 15.1. The lowest BCUT2D eigenvalue weighted by Crippen LogP contribution is -2.71. The molecule has 0 aromatic rings. The number of nitrogens with one attached hydrogen (secondary N) is 1. The van der Waals surface area contributed by atoms with Crippen molar-refractivity contribution >= 4 is 33.6 Å². The minimum absolute atomic E-state index is 0.0310. The Hall–Kier alpha value is -2.95. The van der Waals surface area contributed by atoms with Crippen LogP contribution in [0.1, 0.15) is 79.6 Å². The molecule has 0 radical (unpaired) electrons. The number of ether oxygens (including phenoxy) is 2. The number of piperazine rings is 1. The van der Waals surface area contributed by atoms with E-state index in [1.807, 2.05) is 37.0 Å². The van der Waals surface area contributed by atoms with Crippen LogP contribution in [0.4, 0.5) is 0 Å². The fourth-order valence-corrected chi connectivity index (χ4v) is 7.71. The number of hydrogen-bond donors (Lipinski definition) is 1. The summed E-state index contributed by atoms with van der Waals surface area (Å²) >= 11 is 0. The first-order valence-electron chi connectivity index (χ1n) is 17.4. The van der Waals surface area contributed by atoms with E-state index in [0.717, 1.165) is 50.4 Å². The van der Waals surface area contributed by atoms with E-state index >= 15 is 0 Å². The van der Waals surface area contributed by atoms with E-state index in [2.05, 4.69) is 48.3 Å². The predicted octanol–water partition coefficient (Wildman–Crippen LogP) is 5.74. The second-order valence-electron chi connectivity index (χ2n) is 13.0. The Morgan fingerprint density at radius 3 is 2.66 bits per heavy atom. The van der Waals surface area contributed by atoms with E-state index in [4.69, 9.17) is 9.47 Å². The van der Waals surface area contributed by atoms with E-state index in [0.29, 0.717) is 62.8 Å². The zero-order valence-electron chi connectivity index (χ0n) is 29.6. The molecule has 3 atom stereocenters. The maximum absolute atomic E-state index is 13.7. The van der Waals surface area contributed by atoms with Gasteiger partial charge in [0, 0.05) is 44.7 Å². The molecule has 0 aromatic heterocycles. The number of amides is 3. The molecule has 10 heteroatoms. The summed E-state index contributed by atoms with van der Waals surface area (Å²) < 4.78 is 11.5. The van der Waals surface area contributed by atoms with Crippen molar-refractivity contribution in [1.29, 1.82) is 0 Å². The van der Waals surface area contributed by atoms with Gasteiger partial charge >= 0.3 is 0 Å². The van der Waals surface area contributed by atoms with Gasteiger partial charge in [0.05, 0.1) is 6.61 Å². The molecule has 3 aliphatic rings. The van der Waals surface area contributed by atoms with Crippen molar-refractivity contribution in [2.75, 3.05) is 52.3 Å². The second kappa shape index (κ2) is 19.1. The highest BCUT2D eigenvalue weighted by Crippen LogP contribution is 2.35. The molecule has 1 spiro atoms. The zero-order valence-corrected chi connectivity index (χ0v) is 30.4. The average Bonchev–Trinajstić information content (AvgIpc) is 3.26. The van der Waals surface area contributed by atoms with Gasteiger partial charge in [-0.05, 0) is 99.1 Å². The first kappa shape index (κ1) is 38.5. The molecule has 3 aliphatic heterocycles. The van der Waals surface area contributed by atoms with Crippen molar-refractivity contribution < 1.29 is 23.9 Å². The Balaban J connectivity index is 1.61. The fraction of sp³-hybridized carbons (Fsp3) is 0.622. The number of hydrogen-bond acceptors (Lipinski definition) is 6. The molecule has 0 aromatic carbocycles. The molecule has 2 saturated heterocycles. The number of likely N-dealkylation sites (N-methyl/N-ethyl adjacent to an activating group) is 1. The van der Waals surface area contributed by atoms with Crippen LogP contribution < -0.4 is 5.32 Å². The van der Waals surface area contributed by atoms with Gasteiger partial charge in [0.2, 0.25) is 11.8 Å². The maximum atomic E-state index is 13.7. The molecule has 3 heterocycles. The summed E-state index contributed by atoms with van der Waals surface area (Å²) in [7, 11) is 1.64. The highest BCUT2D eigenvalue weighted by molar-refractivity contribution is 8.17. The van der Waals surface area contributed by atoms with Crippen LogP contribution >= 0.6 is 10.5 Å². The van der Waals surface area contributed by atoms with Crippen LogP contribution in [0.3, 0.4) is 0 Å². The number of nitrogens with zero attached hydrogens (tertiary/aromatic N) is 3. The van der Waals surface area contributed by atoms with Gasteiger partial charge in [-0.3, -0.25) is 19.3 Å². The standard InChI is InChI=1S/C37H58N4O5S/c1-8-11-21-41-35(43)33(27-29(4)5)38-36(44)37(41)18-12-20-40(22-19-37)28-47-25-16-32(17-26-47)46-31(13-9-2)15-14-30(6)34(42)39(7)23-24-45-10-3/h13-17,25-26,29,33H,6,8-12,18-24,27-28H2,1-5,7H3,(H,38,44)/b15-14-,31-13+/t33-,37?/m1/s1. The summed E-state index contributed by atoms with van der Waals surface area (Å²) in [4.78, 5) is 46.0. The van der Waals surface area contributed by atoms with Crippen LogP contribution in [0.25, 0.3) is 0 Å². The van der Waals surface area contributed by atoms with E-state index in [1.165, 1.54) is 0 Å². The Kier molecular flexibility index (Phi) is 15.7. The summed E-state index contributed by atoms with van der Waals surface area (Å²) in [5, 5.41) is 7.49. The monoisotopic (exact) mass is 670 g/mol. The van der Waals surface area contributed by atoms with Gasteiger partial charge in [-0.25, -0.2) is 0 Å². The van der Waals surface area contributed by atoms with Crippen molar-refractivity contribution in [1.82, 2.24) is 20.0 Å². The van der Waals surface area contributed by atoms with Crippen LogP contribution in [-0.4, -0.2) is 102 Å². The molecule has 0 bridgehead atoms. The zero-order chi connectivity index (χ0) is 34.4. The van der Waals surface area contributed by atoms with Gasteiger partial charge in [-0.1, -0.05) is 40.7 Å². The SMILES string of the molecule is C=C(/C=C\C(=C/CC)OC1=CC=S(CN2CCCC3(CC2)C(=O)N[C@H](CC(C)C)C(=O)N3CCCC)C=C1)C(=O)N(C)CCOCC. The minimum Gasteiger partial charge on any atom is -0.458 e. The van der Waals surface area contributed by atoms with Crippen LogP contribution in [0.2, 0.25) is 0 Å². The Morgan fingerprint density at radius 1 is 1.21 bits per heavy atom. The summed E-state index contributed by atoms with van der Waals surface area (Å²) in [6, 6.07) is -0.418. The lowest BCUT2D eigenvalue weighted by atomic mass is 9.83. The first-order valence-corrected chi connectivity index (χ1v) is 18.9.